The van der Waals surface area contributed by atoms with Crippen molar-refractivity contribution in [2.45, 2.75) is 70.9 Å². The van der Waals surface area contributed by atoms with Crippen LogP contribution in [0.5, 0.6) is 17.5 Å². The van der Waals surface area contributed by atoms with Crippen molar-refractivity contribution in [1.29, 1.82) is 0 Å². The van der Waals surface area contributed by atoms with Crippen LogP contribution in [0.4, 0.5) is 17.6 Å². The van der Waals surface area contributed by atoms with Crippen molar-refractivity contribution in [3.63, 3.8) is 0 Å². The molecule has 2 unspecified atom stereocenters. The number of benzene rings is 2. The SMILES string of the molecule is CCOc1nc2nc(n1)Nc1ccc(C(=O)NC(C(=O)OC)C3CCCNC3)c(c1)OCCCCCCCCOc1ccc(cc1)CN2. The molecular weight excluding hydrogens is 614 g/mol. The molecule has 48 heavy (non-hydrogen) atoms. The van der Waals surface area contributed by atoms with E-state index in [2.05, 4.69) is 36.2 Å². The first-order valence-electron chi connectivity index (χ1n) is 17.0. The van der Waals surface area contributed by atoms with Gasteiger partial charge in [-0.3, -0.25) is 4.79 Å². The van der Waals surface area contributed by atoms with E-state index < -0.39 is 17.9 Å². The molecule has 1 amide bonds. The smallest absolute Gasteiger partial charge is 0.328 e. The molecule has 1 saturated heterocycles. The number of nitrogens with zero attached hydrogens (tertiary/aromatic N) is 3. The van der Waals surface area contributed by atoms with E-state index in [9.17, 15) is 9.59 Å². The first-order valence-corrected chi connectivity index (χ1v) is 17.0. The highest BCUT2D eigenvalue weighted by Gasteiger charge is 2.32. The molecule has 0 saturated carbocycles. The molecule has 13 heteroatoms. The van der Waals surface area contributed by atoms with Gasteiger partial charge in [-0.1, -0.05) is 37.8 Å². The molecule has 4 heterocycles. The van der Waals surface area contributed by atoms with Crippen LogP contribution in [0.25, 0.3) is 0 Å². The Hall–Kier alpha value is -4.65. The summed E-state index contributed by atoms with van der Waals surface area (Å²) in [6.45, 7) is 5.35. The van der Waals surface area contributed by atoms with Gasteiger partial charge in [0.05, 0.1) is 32.5 Å². The molecule has 3 aliphatic heterocycles. The molecule has 258 valence electrons. The summed E-state index contributed by atoms with van der Waals surface area (Å²) in [5.41, 5.74) is 1.97. The number of anilines is 3. The van der Waals surface area contributed by atoms with Gasteiger partial charge >= 0.3 is 12.0 Å². The Balaban J connectivity index is 1.39. The largest absolute Gasteiger partial charge is 0.494 e. The fourth-order valence-corrected chi connectivity index (χ4v) is 5.77. The van der Waals surface area contributed by atoms with Crippen molar-refractivity contribution in [2.75, 3.05) is 50.7 Å². The van der Waals surface area contributed by atoms with Gasteiger partial charge in [0.2, 0.25) is 11.9 Å². The van der Waals surface area contributed by atoms with Gasteiger partial charge in [-0.05, 0) is 69.0 Å². The average molecular weight is 662 g/mol. The fourth-order valence-electron chi connectivity index (χ4n) is 5.77. The Bertz CT molecular complexity index is 1480. The lowest BCUT2D eigenvalue weighted by Gasteiger charge is -2.29. The third-order valence-electron chi connectivity index (χ3n) is 8.36. The molecule has 0 aliphatic carbocycles. The molecule has 0 radical (unpaired) electrons. The number of rotatable bonds is 6. The highest BCUT2D eigenvalue weighted by atomic mass is 16.5. The topological polar surface area (TPSA) is 158 Å². The standard InChI is InChI=1S/C35H47N7O6/c1-3-46-35-41-33-37-22-24-12-15-27(16-13-24)47-19-8-6-4-5-7-9-20-48-29-21-26(38-34(40-33)42-35)14-17-28(29)31(43)39-30(32(44)45-2)25-11-10-18-36-23-25/h12-17,21,25,30,36H,3-11,18-20,22-23H2,1-2H3,(H,39,43)(H2,37,38,40,41,42). The highest BCUT2D eigenvalue weighted by molar-refractivity contribution is 5.99. The number of piperidine rings is 1. The van der Waals surface area contributed by atoms with E-state index in [-0.39, 0.29) is 17.9 Å². The molecule has 3 aliphatic rings. The van der Waals surface area contributed by atoms with Gasteiger partial charge in [-0.15, -0.1) is 0 Å². The van der Waals surface area contributed by atoms with Gasteiger partial charge in [0.15, 0.2) is 0 Å². The van der Waals surface area contributed by atoms with Gasteiger partial charge in [-0.25, -0.2) is 4.79 Å². The summed E-state index contributed by atoms with van der Waals surface area (Å²) in [5.74, 6) is 0.892. The molecule has 13 nitrogen and oxygen atoms in total. The maximum atomic E-state index is 13.7. The van der Waals surface area contributed by atoms with E-state index in [1.54, 1.807) is 18.2 Å². The van der Waals surface area contributed by atoms with Gasteiger partial charge < -0.3 is 40.2 Å². The average Bonchev–Trinajstić information content (AvgIpc) is 3.10. The molecule has 3 aromatic rings. The van der Waals surface area contributed by atoms with Crippen LogP contribution in [0.3, 0.4) is 0 Å². The lowest BCUT2D eigenvalue weighted by molar-refractivity contribution is -0.144. The first kappa shape index (κ1) is 34.7. The zero-order valence-corrected chi connectivity index (χ0v) is 27.9. The quantitative estimate of drug-likeness (QED) is 0.262. The Labute approximate surface area is 281 Å². The maximum absolute atomic E-state index is 13.7. The fraction of sp³-hybridized carbons (Fsp3) is 0.514. The van der Waals surface area contributed by atoms with E-state index in [1.165, 1.54) is 7.11 Å². The monoisotopic (exact) mass is 661 g/mol. The number of nitrogens with one attached hydrogen (secondary N) is 4. The number of hydrogen-bond donors (Lipinski definition) is 4. The van der Waals surface area contributed by atoms with Gasteiger partial charge in [-0.2, -0.15) is 15.0 Å². The molecule has 0 spiro atoms. The first-order chi connectivity index (χ1) is 23.5. The number of carbonyl (C=O) groups excluding carboxylic acids is 2. The minimum absolute atomic E-state index is 0.0733. The second-order valence-electron chi connectivity index (χ2n) is 11.9. The van der Waals surface area contributed by atoms with Crippen LogP contribution in [0, 0.1) is 5.92 Å². The molecule has 4 N–H and O–H groups in total. The molecule has 6 rings (SSSR count). The lowest BCUT2D eigenvalue weighted by Crippen LogP contribution is -2.51. The lowest BCUT2D eigenvalue weighted by atomic mass is 9.91. The number of aromatic nitrogens is 3. The van der Waals surface area contributed by atoms with Crippen LogP contribution in [-0.4, -0.2) is 72.9 Å². The minimum Gasteiger partial charge on any atom is -0.494 e. The van der Waals surface area contributed by atoms with Gasteiger partial charge in [0.1, 0.15) is 17.5 Å². The highest BCUT2D eigenvalue weighted by Crippen LogP contribution is 2.27. The number of fused-ring (bicyclic) bond motifs is 12. The second-order valence-corrected chi connectivity index (χ2v) is 11.9. The van der Waals surface area contributed by atoms with E-state index >= 15 is 0 Å². The number of hydrogen-bond acceptors (Lipinski definition) is 12. The maximum Gasteiger partial charge on any atom is 0.328 e. The number of ether oxygens (including phenoxy) is 4. The summed E-state index contributed by atoms with van der Waals surface area (Å²) in [6, 6.07) is 12.6. The number of amides is 1. The molecule has 1 aromatic heterocycles. The Morgan fingerprint density at radius 2 is 1.69 bits per heavy atom. The van der Waals surface area contributed by atoms with Crippen molar-refractivity contribution in [3.8, 4) is 17.5 Å². The van der Waals surface area contributed by atoms with Crippen LogP contribution >= 0.6 is 0 Å². The van der Waals surface area contributed by atoms with Gasteiger partial charge in [0, 0.05) is 30.8 Å². The predicted molar refractivity (Wildman–Crippen MR) is 182 cm³/mol. The van der Waals surface area contributed by atoms with Crippen LogP contribution in [0.1, 0.15) is 74.2 Å². The summed E-state index contributed by atoms with van der Waals surface area (Å²) < 4.78 is 22.8. The Morgan fingerprint density at radius 1 is 0.938 bits per heavy atom. The summed E-state index contributed by atoms with van der Waals surface area (Å²) in [4.78, 5) is 39.8. The summed E-state index contributed by atoms with van der Waals surface area (Å²) in [7, 11) is 1.34. The predicted octanol–water partition coefficient (Wildman–Crippen LogP) is 5.01. The van der Waals surface area contributed by atoms with E-state index in [0.29, 0.717) is 55.9 Å². The zero-order chi connectivity index (χ0) is 33.6. The molecular formula is C35H47N7O6. The normalized spacial score (nSPS) is 18.1. The second kappa shape index (κ2) is 18.0. The van der Waals surface area contributed by atoms with Crippen LogP contribution in [0.2, 0.25) is 0 Å². The number of esters is 1. The zero-order valence-electron chi connectivity index (χ0n) is 27.9. The summed E-state index contributed by atoms with van der Waals surface area (Å²) >= 11 is 0. The van der Waals surface area contributed by atoms with Crippen molar-refractivity contribution >= 4 is 29.5 Å². The summed E-state index contributed by atoms with van der Waals surface area (Å²) in [6.07, 6.45) is 7.85. The van der Waals surface area contributed by atoms with E-state index in [4.69, 9.17) is 18.9 Å². The number of methoxy groups -OCH3 is 1. The third-order valence-corrected chi connectivity index (χ3v) is 8.36. The summed E-state index contributed by atoms with van der Waals surface area (Å²) in [5, 5.41) is 12.7. The van der Waals surface area contributed by atoms with Crippen molar-refractivity contribution in [3.05, 3.63) is 53.6 Å². The minimum atomic E-state index is -0.776. The van der Waals surface area contributed by atoms with E-state index in [0.717, 1.165) is 69.2 Å². The van der Waals surface area contributed by atoms with Crippen molar-refractivity contribution < 1.29 is 28.5 Å². The van der Waals surface area contributed by atoms with Gasteiger partial charge in [0.25, 0.3) is 5.91 Å². The van der Waals surface area contributed by atoms with Crippen molar-refractivity contribution in [1.82, 2.24) is 25.6 Å². The van der Waals surface area contributed by atoms with Crippen molar-refractivity contribution in [2.24, 2.45) is 5.92 Å². The molecule has 2 atom stereocenters. The molecule has 1 fully saturated rings. The van der Waals surface area contributed by atoms with E-state index in [1.807, 2.05) is 31.2 Å². The van der Waals surface area contributed by atoms with Crippen LogP contribution in [0.15, 0.2) is 42.5 Å². The molecule has 6 bridgehead atoms. The number of carbonyl (C=O) groups is 2. The third kappa shape index (κ3) is 10.2. The Kier molecular flexibility index (Phi) is 13.0. The molecule has 2 aromatic carbocycles. The van der Waals surface area contributed by atoms with Crippen LogP contribution in [-0.2, 0) is 16.1 Å². The van der Waals surface area contributed by atoms with Crippen LogP contribution < -0.4 is 35.5 Å². The Morgan fingerprint density at radius 3 is 2.42 bits per heavy atom.